The Morgan fingerprint density at radius 1 is 1.07 bits per heavy atom. The van der Waals surface area contributed by atoms with Gasteiger partial charge in [-0.05, 0) is 19.4 Å². The minimum atomic E-state index is -0.162. The van der Waals surface area contributed by atoms with Crippen LogP contribution in [0.15, 0.2) is 12.1 Å². The topological polar surface area (TPSA) is 59.1 Å². The summed E-state index contributed by atoms with van der Waals surface area (Å²) in [5.41, 5.74) is 0.374. The van der Waals surface area contributed by atoms with Crippen LogP contribution in [-0.2, 0) is 4.79 Å². The zero-order valence-electron chi connectivity index (χ0n) is 17.3. The first kappa shape index (κ1) is 22.5. The Morgan fingerprint density at radius 3 is 2.29 bits per heavy atom. The summed E-state index contributed by atoms with van der Waals surface area (Å²) < 4.78 is 10.4. The molecule has 1 atom stereocenters. The molecule has 0 bridgehead atoms. The molecule has 1 aliphatic heterocycles. The lowest BCUT2D eigenvalue weighted by Gasteiger charge is -2.38. The van der Waals surface area contributed by atoms with Gasteiger partial charge in [0.15, 0.2) is 5.78 Å². The van der Waals surface area contributed by atoms with Crippen molar-refractivity contribution in [2.75, 3.05) is 40.4 Å². The SMILES string of the molecule is CCCC(C)N1CCN(C(=O)CCC(=O)c2cc(Cl)c(OC)cc2OC)CC1. The van der Waals surface area contributed by atoms with E-state index in [1.54, 1.807) is 12.1 Å². The van der Waals surface area contributed by atoms with Gasteiger partial charge in [0.05, 0.1) is 24.8 Å². The zero-order chi connectivity index (χ0) is 20.7. The highest BCUT2D eigenvalue weighted by Crippen LogP contribution is 2.33. The molecule has 0 aromatic heterocycles. The van der Waals surface area contributed by atoms with Crippen molar-refractivity contribution in [3.8, 4) is 11.5 Å². The number of halogens is 1. The number of hydrogen-bond acceptors (Lipinski definition) is 5. The van der Waals surface area contributed by atoms with Gasteiger partial charge in [0.1, 0.15) is 11.5 Å². The van der Waals surface area contributed by atoms with Crippen molar-refractivity contribution in [3.63, 3.8) is 0 Å². The molecule has 1 saturated heterocycles. The molecule has 2 rings (SSSR count). The number of rotatable bonds is 9. The summed E-state index contributed by atoms with van der Waals surface area (Å²) in [7, 11) is 2.99. The zero-order valence-corrected chi connectivity index (χ0v) is 18.1. The molecule has 0 saturated carbocycles. The van der Waals surface area contributed by atoms with Crippen molar-refractivity contribution in [2.45, 2.75) is 45.6 Å². The van der Waals surface area contributed by atoms with Crippen LogP contribution >= 0.6 is 11.6 Å². The number of ketones is 1. The molecule has 1 aromatic carbocycles. The number of carbonyl (C=O) groups excluding carboxylic acids is 2. The van der Waals surface area contributed by atoms with E-state index in [0.717, 1.165) is 26.2 Å². The van der Waals surface area contributed by atoms with Gasteiger partial charge < -0.3 is 14.4 Å². The van der Waals surface area contributed by atoms with E-state index < -0.39 is 0 Å². The van der Waals surface area contributed by atoms with Gasteiger partial charge in [-0.25, -0.2) is 0 Å². The lowest BCUT2D eigenvalue weighted by atomic mass is 10.0. The number of Topliss-reactive ketones (excluding diaryl/α,β-unsaturated/α-hetero) is 1. The number of benzene rings is 1. The molecule has 7 heteroatoms. The van der Waals surface area contributed by atoms with Crippen molar-refractivity contribution in [3.05, 3.63) is 22.7 Å². The summed E-state index contributed by atoms with van der Waals surface area (Å²) in [4.78, 5) is 29.4. The second kappa shape index (κ2) is 10.7. The number of amides is 1. The van der Waals surface area contributed by atoms with Crippen LogP contribution in [0.25, 0.3) is 0 Å². The van der Waals surface area contributed by atoms with Crippen molar-refractivity contribution in [1.29, 1.82) is 0 Å². The Bertz CT molecular complexity index is 687. The van der Waals surface area contributed by atoms with E-state index in [2.05, 4.69) is 18.7 Å². The van der Waals surface area contributed by atoms with Crippen LogP contribution in [0.5, 0.6) is 11.5 Å². The maximum atomic E-state index is 12.6. The molecule has 156 valence electrons. The first-order chi connectivity index (χ1) is 13.4. The van der Waals surface area contributed by atoms with Crippen molar-refractivity contribution >= 4 is 23.3 Å². The average molecular weight is 411 g/mol. The van der Waals surface area contributed by atoms with E-state index in [0.29, 0.717) is 28.1 Å². The monoisotopic (exact) mass is 410 g/mol. The number of ether oxygens (including phenoxy) is 2. The normalized spacial score (nSPS) is 16.0. The van der Waals surface area contributed by atoms with Crippen molar-refractivity contribution < 1.29 is 19.1 Å². The van der Waals surface area contributed by atoms with E-state index in [4.69, 9.17) is 21.1 Å². The smallest absolute Gasteiger partial charge is 0.223 e. The molecule has 0 aliphatic carbocycles. The fraction of sp³-hybridized carbons (Fsp3) is 0.619. The van der Waals surface area contributed by atoms with Crippen LogP contribution in [-0.4, -0.2) is 67.9 Å². The third-order valence-electron chi connectivity index (χ3n) is 5.34. The molecule has 1 aromatic rings. The average Bonchev–Trinajstić information content (AvgIpc) is 2.71. The number of nitrogens with zero attached hydrogens (tertiary/aromatic N) is 2. The number of piperazine rings is 1. The van der Waals surface area contributed by atoms with Gasteiger partial charge >= 0.3 is 0 Å². The maximum absolute atomic E-state index is 12.6. The Hall–Kier alpha value is -1.79. The van der Waals surface area contributed by atoms with E-state index in [1.807, 2.05) is 4.90 Å². The van der Waals surface area contributed by atoms with Gasteiger partial charge in [0.2, 0.25) is 5.91 Å². The lowest BCUT2D eigenvalue weighted by molar-refractivity contribution is -0.133. The van der Waals surface area contributed by atoms with Crippen molar-refractivity contribution in [2.24, 2.45) is 0 Å². The quantitative estimate of drug-likeness (QED) is 0.581. The Morgan fingerprint density at radius 2 is 1.71 bits per heavy atom. The van der Waals surface area contributed by atoms with Crippen LogP contribution in [0.1, 0.15) is 49.9 Å². The standard InChI is InChI=1S/C21H31ClN2O4/c1-5-6-15(2)23-9-11-24(12-10-23)21(26)8-7-18(25)16-13-17(22)20(28-4)14-19(16)27-3/h13-15H,5-12H2,1-4H3. The molecular formula is C21H31ClN2O4. The Balaban J connectivity index is 1.90. The summed E-state index contributed by atoms with van der Waals surface area (Å²) in [6.45, 7) is 7.66. The van der Waals surface area contributed by atoms with Gasteiger partial charge in [-0.2, -0.15) is 0 Å². The van der Waals surface area contributed by atoms with Crippen LogP contribution < -0.4 is 9.47 Å². The highest BCUT2D eigenvalue weighted by molar-refractivity contribution is 6.32. The molecular weight excluding hydrogens is 380 g/mol. The molecule has 0 N–H and O–H groups in total. The number of hydrogen-bond donors (Lipinski definition) is 0. The first-order valence-corrected chi connectivity index (χ1v) is 10.3. The van der Waals surface area contributed by atoms with Gasteiger partial charge in [0, 0.05) is 51.1 Å². The molecule has 1 unspecified atom stereocenters. The molecule has 1 amide bonds. The summed E-state index contributed by atoms with van der Waals surface area (Å²) >= 11 is 6.14. The predicted molar refractivity (Wildman–Crippen MR) is 111 cm³/mol. The van der Waals surface area contributed by atoms with Gasteiger partial charge in [-0.15, -0.1) is 0 Å². The minimum Gasteiger partial charge on any atom is -0.496 e. The van der Waals surface area contributed by atoms with E-state index in [1.165, 1.54) is 27.1 Å². The summed E-state index contributed by atoms with van der Waals surface area (Å²) in [6.07, 6.45) is 2.66. The molecule has 0 spiro atoms. The Labute approximate surface area is 172 Å². The van der Waals surface area contributed by atoms with Crippen LogP contribution in [0, 0.1) is 0 Å². The van der Waals surface area contributed by atoms with E-state index >= 15 is 0 Å². The second-order valence-electron chi connectivity index (χ2n) is 7.16. The Kier molecular flexibility index (Phi) is 8.58. The molecule has 6 nitrogen and oxygen atoms in total. The summed E-state index contributed by atoms with van der Waals surface area (Å²) in [5, 5.41) is 0.343. The van der Waals surface area contributed by atoms with Crippen molar-refractivity contribution in [1.82, 2.24) is 9.80 Å². The molecule has 28 heavy (non-hydrogen) atoms. The predicted octanol–water partition coefficient (Wildman–Crippen LogP) is 3.65. The van der Waals surface area contributed by atoms with Gasteiger partial charge in [-0.1, -0.05) is 24.9 Å². The highest BCUT2D eigenvalue weighted by Gasteiger charge is 2.24. The summed E-state index contributed by atoms with van der Waals surface area (Å²) in [5.74, 6) is 0.707. The molecule has 1 fully saturated rings. The molecule has 1 heterocycles. The maximum Gasteiger partial charge on any atom is 0.223 e. The van der Waals surface area contributed by atoms with E-state index in [9.17, 15) is 9.59 Å². The summed E-state index contributed by atoms with van der Waals surface area (Å²) in [6, 6.07) is 3.68. The fourth-order valence-electron chi connectivity index (χ4n) is 3.60. The lowest BCUT2D eigenvalue weighted by Crippen LogP contribution is -2.51. The number of carbonyl (C=O) groups is 2. The molecule has 0 radical (unpaired) electrons. The largest absolute Gasteiger partial charge is 0.496 e. The van der Waals surface area contributed by atoms with Gasteiger partial charge in [0.25, 0.3) is 0 Å². The number of methoxy groups -OCH3 is 2. The highest BCUT2D eigenvalue weighted by atomic mass is 35.5. The third kappa shape index (κ3) is 5.61. The third-order valence-corrected chi connectivity index (χ3v) is 5.63. The minimum absolute atomic E-state index is 0.0229. The van der Waals surface area contributed by atoms with Gasteiger partial charge in [-0.3, -0.25) is 14.5 Å². The first-order valence-electron chi connectivity index (χ1n) is 9.87. The second-order valence-corrected chi connectivity index (χ2v) is 7.57. The van der Waals surface area contributed by atoms with Crippen LogP contribution in [0.4, 0.5) is 0 Å². The van der Waals surface area contributed by atoms with E-state index in [-0.39, 0.29) is 24.5 Å². The molecule has 1 aliphatic rings. The van der Waals surface area contributed by atoms with Crippen LogP contribution in [0.3, 0.4) is 0 Å². The fourth-order valence-corrected chi connectivity index (χ4v) is 3.84. The van der Waals surface area contributed by atoms with Crippen LogP contribution in [0.2, 0.25) is 5.02 Å².